The maximum absolute atomic E-state index is 11.8. The minimum atomic E-state index is -4.19. The van der Waals surface area contributed by atoms with Crippen molar-refractivity contribution in [2.45, 2.75) is 63.2 Å². The molecule has 2 N–H and O–H groups in total. The molecule has 124 valence electrons. The van der Waals surface area contributed by atoms with Crippen molar-refractivity contribution in [1.29, 1.82) is 0 Å². The van der Waals surface area contributed by atoms with Gasteiger partial charge in [-0.15, -0.1) is 0 Å². The van der Waals surface area contributed by atoms with Gasteiger partial charge in [0.05, 0.1) is 4.90 Å². The molecule has 0 heterocycles. The van der Waals surface area contributed by atoms with Crippen LogP contribution >= 0.6 is 0 Å². The summed E-state index contributed by atoms with van der Waals surface area (Å²) in [4.78, 5) is 11.6. The van der Waals surface area contributed by atoms with Crippen molar-refractivity contribution >= 4 is 21.7 Å². The Morgan fingerprint density at radius 3 is 2.04 bits per heavy atom. The Bertz CT molecular complexity index is 558. The third-order valence-electron chi connectivity index (χ3n) is 3.44. The largest absolute Gasteiger partial charge is 1.00 e. The van der Waals surface area contributed by atoms with E-state index < -0.39 is 10.1 Å². The normalized spacial score (nSPS) is 10.9. The molecule has 0 bridgehead atoms. The van der Waals surface area contributed by atoms with Crippen molar-refractivity contribution in [2.75, 3.05) is 5.32 Å². The summed E-state index contributed by atoms with van der Waals surface area (Å²) in [6, 6.07) is 5.45. The standard InChI is InChI=1S/C16H25NO4S.Na/c1-2-3-4-5-6-7-8-9-16(18)17-14-10-12-15(13-11-14)22(19,20)21;/h10-13H,2-9H2,1H3,(H,17,18)(H,19,20,21);/q;+1. The molecule has 23 heavy (non-hydrogen) atoms. The molecule has 0 atom stereocenters. The zero-order valence-corrected chi connectivity index (χ0v) is 16.9. The van der Waals surface area contributed by atoms with E-state index in [1.807, 2.05) is 0 Å². The van der Waals surface area contributed by atoms with Crippen molar-refractivity contribution in [1.82, 2.24) is 0 Å². The van der Waals surface area contributed by atoms with Crippen LogP contribution in [0.2, 0.25) is 0 Å². The molecule has 0 aliphatic heterocycles. The van der Waals surface area contributed by atoms with Crippen LogP contribution in [0.15, 0.2) is 29.2 Å². The number of nitrogens with one attached hydrogen (secondary N) is 1. The van der Waals surface area contributed by atoms with Crippen LogP contribution in [0, 0.1) is 0 Å². The molecule has 1 aromatic rings. The maximum Gasteiger partial charge on any atom is 1.00 e. The van der Waals surface area contributed by atoms with Crippen molar-refractivity contribution in [3.63, 3.8) is 0 Å². The van der Waals surface area contributed by atoms with Gasteiger partial charge in [0.15, 0.2) is 0 Å². The molecular formula is C16H25NNaO4S+. The summed E-state index contributed by atoms with van der Waals surface area (Å²) in [7, 11) is -4.19. The third kappa shape index (κ3) is 10.1. The van der Waals surface area contributed by atoms with Crippen molar-refractivity contribution in [3.8, 4) is 0 Å². The van der Waals surface area contributed by atoms with E-state index in [9.17, 15) is 13.2 Å². The number of carbonyl (C=O) groups is 1. The van der Waals surface area contributed by atoms with Crippen molar-refractivity contribution < 1.29 is 47.3 Å². The average molecular weight is 350 g/mol. The second-order valence-electron chi connectivity index (χ2n) is 5.42. The van der Waals surface area contributed by atoms with Crippen LogP contribution in [0.3, 0.4) is 0 Å². The van der Waals surface area contributed by atoms with Gasteiger partial charge < -0.3 is 5.32 Å². The van der Waals surface area contributed by atoms with E-state index in [0.717, 1.165) is 19.3 Å². The van der Waals surface area contributed by atoms with Crippen LogP contribution in [0.1, 0.15) is 58.3 Å². The molecule has 0 saturated carbocycles. The van der Waals surface area contributed by atoms with Gasteiger partial charge >= 0.3 is 29.6 Å². The zero-order chi connectivity index (χ0) is 16.4. The van der Waals surface area contributed by atoms with Gasteiger partial charge in [0.2, 0.25) is 5.91 Å². The molecule has 0 saturated heterocycles. The second-order valence-corrected chi connectivity index (χ2v) is 6.84. The van der Waals surface area contributed by atoms with E-state index in [4.69, 9.17) is 4.55 Å². The summed E-state index contributed by atoms with van der Waals surface area (Å²) >= 11 is 0. The van der Waals surface area contributed by atoms with E-state index in [0.29, 0.717) is 12.1 Å². The predicted octanol–water partition coefficient (Wildman–Crippen LogP) is 1.02. The maximum atomic E-state index is 11.8. The first kappa shape index (κ1) is 22.6. The Morgan fingerprint density at radius 2 is 1.52 bits per heavy atom. The summed E-state index contributed by atoms with van der Waals surface area (Å²) in [5, 5.41) is 2.72. The first-order valence-corrected chi connectivity index (χ1v) is 9.25. The van der Waals surface area contributed by atoms with E-state index in [-0.39, 0.29) is 40.4 Å². The molecule has 0 aliphatic carbocycles. The minimum Gasteiger partial charge on any atom is -0.326 e. The average Bonchev–Trinajstić information content (AvgIpc) is 2.46. The first-order chi connectivity index (χ1) is 10.4. The smallest absolute Gasteiger partial charge is 0.326 e. The fourth-order valence-corrected chi connectivity index (χ4v) is 2.66. The number of hydrogen-bond donors (Lipinski definition) is 2. The van der Waals surface area contributed by atoms with E-state index in [2.05, 4.69) is 12.2 Å². The monoisotopic (exact) mass is 350 g/mol. The van der Waals surface area contributed by atoms with E-state index in [1.54, 1.807) is 0 Å². The Hall–Kier alpha value is -0.400. The van der Waals surface area contributed by atoms with Crippen LogP contribution in [0.25, 0.3) is 0 Å². The van der Waals surface area contributed by atoms with Crippen molar-refractivity contribution in [2.24, 2.45) is 0 Å². The number of rotatable bonds is 10. The van der Waals surface area contributed by atoms with Crippen LogP contribution in [-0.2, 0) is 14.9 Å². The summed E-state index contributed by atoms with van der Waals surface area (Å²) in [5.74, 6) is -0.0758. The summed E-state index contributed by atoms with van der Waals surface area (Å²) in [6.45, 7) is 2.19. The SMILES string of the molecule is CCCCCCCCCC(=O)Nc1ccc(S(=O)(=O)O)cc1.[Na+]. The fourth-order valence-electron chi connectivity index (χ4n) is 2.18. The van der Waals surface area contributed by atoms with Gasteiger partial charge in [-0.2, -0.15) is 8.42 Å². The van der Waals surface area contributed by atoms with Gasteiger partial charge in [-0.25, -0.2) is 0 Å². The quantitative estimate of drug-likeness (QED) is 0.375. The molecule has 0 fully saturated rings. The van der Waals surface area contributed by atoms with Crippen LogP contribution in [0.4, 0.5) is 5.69 Å². The Balaban J connectivity index is 0.00000484. The molecule has 1 rings (SSSR count). The number of carbonyl (C=O) groups excluding carboxylic acids is 1. The molecule has 1 amide bonds. The van der Waals surface area contributed by atoms with Gasteiger partial charge in [-0.3, -0.25) is 9.35 Å². The number of amides is 1. The molecule has 0 aromatic heterocycles. The third-order valence-corrected chi connectivity index (χ3v) is 4.31. The topological polar surface area (TPSA) is 83.5 Å². The summed E-state index contributed by atoms with van der Waals surface area (Å²) in [5.41, 5.74) is 0.528. The predicted molar refractivity (Wildman–Crippen MR) is 87.5 cm³/mol. The number of anilines is 1. The minimum absolute atomic E-state index is 0. The summed E-state index contributed by atoms with van der Waals surface area (Å²) < 4.78 is 30.7. The Labute approximate surface area is 161 Å². The second kappa shape index (κ2) is 12.0. The molecule has 1 aromatic carbocycles. The van der Waals surface area contributed by atoms with Crippen LogP contribution in [-0.4, -0.2) is 18.9 Å². The molecule has 0 unspecified atom stereocenters. The van der Waals surface area contributed by atoms with Gasteiger partial charge in [0, 0.05) is 12.1 Å². The molecule has 0 spiro atoms. The Morgan fingerprint density at radius 1 is 1.00 bits per heavy atom. The van der Waals surface area contributed by atoms with E-state index in [1.165, 1.54) is 49.9 Å². The van der Waals surface area contributed by atoms with Crippen molar-refractivity contribution in [3.05, 3.63) is 24.3 Å². The summed E-state index contributed by atoms with van der Waals surface area (Å²) in [6.07, 6.45) is 8.55. The van der Waals surface area contributed by atoms with Gasteiger partial charge in [-0.1, -0.05) is 45.4 Å². The van der Waals surface area contributed by atoms with Gasteiger partial charge in [-0.05, 0) is 30.7 Å². The molecule has 5 nitrogen and oxygen atoms in total. The van der Waals surface area contributed by atoms with E-state index >= 15 is 0 Å². The molecule has 0 radical (unpaired) electrons. The van der Waals surface area contributed by atoms with Crippen LogP contribution in [0.5, 0.6) is 0 Å². The Kier molecular flexibility index (Phi) is 11.8. The molecule has 0 aliphatic rings. The number of benzene rings is 1. The number of unbranched alkanes of at least 4 members (excludes halogenated alkanes) is 6. The molecular weight excluding hydrogens is 325 g/mol. The van der Waals surface area contributed by atoms with Gasteiger partial charge in [0.1, 0.15) is 0 Å². The molecule has 7 heteroatoms. The van der Waals surface area contributed by atoms with Gasteiger partial charge in [0.25, 0.3) is 10.1 Å². The zero-order valence-electron chi connectivity index (χ0n) is 14.0. The first-order valence-electron chi connectivity index (χ1n) is 7.81. The van der Waals surface area contributed by atoms with Crippen LogP contribution < -0.4 is 34.9 Å². The fraction of sp³-hybridized carbons (Fsp3) is 0.562. The number of hydrogen-bond acceptors (Lipinski definition) is 3.